The fourth-order valence-electron chi connectivity index (χ4n) is 4.58. The molecule has 5 amide bonds. The third-order valence-corrected chi connectivity index (χ3v) is 7.89. The number of amides is 5. The van der Waals surface area contributed by atoms with Crippen LogP contribution in [0.3, 0.4) is 0 Å². The van der Waals surface area contributed by atoms with Crippen molar-refractivity contribution in [3.63, 3.8) is 0 Å². The van der Waals surface area contributed by atoms with Gasteiger partial charge in [0.05, 0.1) is 6.04 Å². The van der Waals surface area contributed by atoms with E-state index in [2.05, 4.69) is 25.9 Å². The highest BCUT2D eigenvalue weighted by molar-refractivity contribution is 5.97. The Morgan fingerprint density at radius 2 is 1.29 bits per heavy atom. The molecule has 0 aliphatic rings. The van der Waals surface area contributed by atoms with Crippen molar-refractivity contribution in [2.45, 2.75) is 88.5 Å². The number of aliphatic carboxylic acids is 1. The zero-order valence-electron chi connectivity index (χ0n) is 29.1. The number of carboxylic acids is 1. The SMILES string of the molecule is CN(C(=O)[C@H](CCCN=C(N)N)NC(=O)[C@@H](N)CCC(=O)O)C(C)(C)C(=O)N[C@@H](CCCN=C(N)N)C(=O)N[C@@H](Cc1ccc(O)cc1)C(N)=O. The van der Waals surface area contributed by atoms with E-state index in [1.54, 1.807) is 12.1 Å². The molecular weight excluding hydrogens is 668 g/mol. The molecular formula is C31H52N12O8. The number of aromatic hydroxyl groups is 1. The van der Waals surface area contributed by atoms with E-state index in [-0.39, 0.29) is 75.7 Å². The molecule has 0 aliphatic carbocycles. The molecule has 20 nitrogen and oxygen atoms in total. The van der Waals surface area contributed by atoms with Gasteiger partial charge in [0.25, 0.3) is 0 Å². The second-order valence-electron chi connectivity index (χ2n) is 12.3. The summed E-state index contributed by atoms with van der Waals surface area (Å²) in [6.45, 7) is 3.08. The van der Waals surface area contributed by atoms with E-state index < -0.39 is 65.2 Å². The molecule has 0 bridgehead atoms. The second-order valence-corrected chi connectivity index (χ2v) is 12.3. The van der Waals surface area contributed by atoms with Crippen molar-refractivity contribution >= 4 is 47.4 Å². The van der Waals surface area contributed by atoms with Crippen molar-refractivity contribution in [1.29, 1.82) is 0 Å². The molecule has 284 valence electrons. The highest BCUT2D eigenvalue weighted by atomic mass is 16.4. The van der Waals surface area contributed by atoms with Crippen molar-refractivity contribution in [1.82, 2.24) is 20.9 Å². The van der Waals surface area contributed by atoms with Gasteiger partial charge in [-0.15, -0.1) is 0 Å². The summed E-state index contributed by atoms with van der Waals surface area (Å²) in [6, 6.07) is 1.08. The summed E-state index contributed by atoms with van der Waals surface area (Å²) in [5, 5.41) is 26.2. The number of carbonyl (C=O) groups excluding carboxylic acids is 5. The van der Waals surface area contributed by atoms with Crippen LogP contribution in [0.5, 0.6) is 5.75 Å². The summed E-state index contributed by atoms with van der Waals surface area (Å²) < 4.78 is 0. The number of nitrogens with zero attached hydrogens (tertiary/aromatic N) is 3. The third kappa shape index (κ3) is 15.6. The number of benzene rings is 1. The third-order valence-electron chi connectivity index (χ3n) is 7.89. The summed E-state index contributed by atoms with van der Waals surface area (Å²) in [4.78, 5) is 86.0. The first-order valence-electron chi connectivity index (χ1n) is 16.1. The van der Waals surface area contributed by atoms with Crippen molar-refractivity contribution in [2.24, 2.45) is 44.4 Å². The molecule has 0 fully saturated rings. The van der Waals surface area contributed by atoms with Crippen LogP contribution >= 0.6 is 0 Å². The number of hydrogen-bond donors (Lipinski definition) is 11. The Morgan fingerprint density at radius 1 is 0.784 bits per heavy atom. The van der Waals surface area contributed by atoms with Crippen LogP contribution in [0.1, 0.15) is 57.9 Å². The van der Waals surface area contributed by atoms with Gasteiger partial charge in [0, 0.05) is 33.0 Å². The molecule has 0 heterocycles. The summed E-state index contributed by atoms with van der Waals surface area (Å²) in [5.74, 6) is -5.33. The van der Waals surface area contributed by atoms with Crippen LogP contribution in [0.15, 0.2) is 34.3 Å². The molecule has 0 spiro atoms. The van der Waals surface area contributed by atoms with E-state index in [0.717, 1.165) is 4.90 Å². The van der Waals surface area contributed by atoms with Gasteiger partial charge in [-0.05, 0) is 63.6 Å². The highest BCUT2D eigenvalue weighted by Gasteiger charge is 2.40. The largest absolute Gasteiger partial charge is 0.508 e. The van der Waals surface area contributed by atoms with Gasteiger partial charge in [-0.25, -0.2) is 0 Å². The molecule has 0 unspecified atom stereocenters. The van der Waals surface area contributed by atoms with Crippen LogP contribution in [-0.2, 0) is 35.2 Å². The number of rotatable bonds is 22. The Balaban J connectivity index is 3.25. The fraction of sp³-hybridized carbons (Fsp3) is 0.548. The van der Waals surface area contributed by atoms with Gasteiger partial charge in [-0.1, -0.05) is 12.1 Å². The summed E-state index contributed by atoms with van der Waals surface area (Å²) in [5.41, 5.74) is 31.9. The normalized spacial score (nSPS) is 13.3. The second kappa shape index (κ2) is 20.8. The monoisotopic (exact) mass is 720 g/mol. The lowest BCUT2D eigenvalue weighted by Gasteiger charge is -2.37. The average molecular weight is 721 g/mol. The fourth-order valence-corrected chi connectivity index (χ4v) is 4.58. The van der Waals surface area contributed by atoms with Gasteiger partial charge in [-0.2, -0.15) is 0 Å². The molecule has 4 atom stereocenters. The van der Waals surface area contributed by atoms with E-state index in [1.807, 2.05) is 0 Å². The van der Waals surface area contributed by atoms with Crippen LogP contribution in [-0.4, -0.2) is 112 Å². The molecule has 0 aromatic heterocycles. The Labute approximate surface area is 295 Å². The maximum absolute atomic E-state index is 13.8. The minimum absolute atomic E-state index is 0.00495. The van der Waals surface area contributed by atoms with Crippen molar-refractivity contribution in [2.75, 3.05) is 20.1 Å². The molecule has 1 aromatic rings. The van der Waals surface area contributed by atoms with E-state index in [9.17, 15) is 33.9 Å². The zero-order valence-corrected chi connectivity index (χ0v) is 29.1. The van der Waals surface area contributed by atoms with Gasteiger partial charge in [0.1, 0.15) is 29.4 Å². The molecule has 0 radical (unpaired) electrons. The van der Waals surface area contributed by atoms with E-state index in [0.29, 0.717) is 5.56 Å². The predicted molar refractivity (Wildman–Crippen MR) is 188 cm³/mol. The van der Waals surface area contributed by atoms with Crippen molar-refractivity contribution < 1.29 is 39.0 Å². The number of primary amides is 1. The lowest BCUT2D eigenvalue weighted by molar-refractivity contribution is -0.147. The number of phenols is 1. The average Bonchev–Trinajstić information content (AvgIpc) is 3.05. The van der Waals surface area contributed by atoms with Crippen LogP contribution in [0, 0.1) is 0 Å². The van der Waals surface area contributed by atoms with Crippen LogP contribution in [0.2, 0.25) is 0 Å². The van der Waals surface area contributed by atoms with Crippen LogP contribution < -0.4 is 50.4 Å². The number of carboxylic acid groups (broad SMARTS) is 1. The number of likely N-dealkylation sites (N-methyl/N-ethyl adjacent to an activating group) is 1. The summed E-state index contributed by atoms with van der Waals surface area (Å²) >= 11 is 0. The number of phenolic OH excluding ortho intramolecular Hbond substituents is 1. The minimum Gasteiger partial charge on any atom is -0.508 e. The van der Waals surface area contributed by atoms with Crippen LogP contribution in [0.25, 0.3) is 0 Å². The first-order chi connectivity index (χ1) is 23.8. The molecule has 17 N–H and O–H groups in total. The van der Waals surface area contributed by atoms with Gasteiger partial charge in [0.2, 0.25) is 29.5 Å². The van der Waals surface area contributed by atoms with E-state index in [4.69, 9.17) is 39.5 Å². The maximum atomic E-state index is 13.8. The van der Waals surface area contributed by atoms with Crippen molar-refractivity contribution in [3.8, 4) is 5.75 Å². The smallest absolute Gasteiger partial charge is 0.303 e. The number of carbonyl (C=O) groups is 6. The minimum atomic E-state index is -1.63. The lowest BCUT2D eigenvalue weighted by Crippen LogP contribution is -2.63. The van der Waals surface area contributed by atoms with Gasteiger partial charge in [0.15, 0.2) is 11.9 Å². The number of nitrogens with two attached hydrogens (primary N) is 6. The Hall–Kier alpha value is -5.66. The van der Waals surface area contributed by atoms with Crippen LogP contribution in [0.4, 0.5) is 0 Å². The number of nitrogens with one attached hydrogen (secondary N) is 3. The Bertz CT molecular complexity index is 1430. The van der Waals surface area contributed by atoms with E-state index >= 15 is 0 Å². The first-order valence-corrected chi connectivity index (χ1v) is 16.1. The van der Waals surface area contributed by atoms with Gasteiger partial charge in [-0.3, -0.25) is 38.8 Å². The topological polar surface area (TPSA) is 363 Å². The van der Waals surface area contributed by atoms with E-state index in [1.165, 1.54) is 33.0 Å². The summed E-state index contributed by atoms with van der Waals surface area (Å²) in [7, 11) is 1.33. The van der Waals surface area contributed by atoms with Gasteiger partial charge >= 0.3 is 5.97 Å². The molecule has 20 heteroatoms. The number of hydrogen-bond acceptors (Lipinski definition) is 10. The molecule has 0 aliphatic heterocycles. The molecule has 0 saturated heterocycles. The number of aliphatic imine (C=N–C) groups is 2. The van der Waals surface area contributed by atoms with Crippen molar-refractivity contribution in [3.05, 3.63) is 29.8 Å². The predicted octanol–water partition coefficient (Wildman–Crippen LogP) is -3.59. The molecule has 1 rings (SSSR count). The Morgan fingerprint density at radius 3 is 1.78 bits per heavy atom. The molecule has 1 aromatic carbocycles. The highest BCUT2D eigenvalue weighted by Crippen LogP contribution is 2.18. The number of guanidine groups is 2. The quantitative estimate of drug-likeness (QED) is 0.0314. The molecule has 0 saturated carbocycles. The standard InChI is InChI=1S/C31H52N12O8/c1-31(2,43(3)27(50)21(7-5-15-39-30(36)37)40-25(48)19(32)12-13-23(45)46)28(51)42-20(6-4-14-38-29(34)35)26(49)41-22(24(33)47)16-17-8-10-18(44)11-9-17/h8-11,19-22,44H,4-7,12-16,32H2,1-3H3,(H2,33,47)(H,40,48)(H,41,49)(H,42,51)(H,45,46)(H4,34,35,38)(H4,36,37,39)/t19-,20-,21-,22-/m0/s1. The summed E-state index contributed by atoms with van der Waals surface area (Å²) in [6.07, 6.45) is -0.0419. The zero-order chi connectivity index (χ0) is 38.9. The molecule has 51 heavy (non-hydrogen) atoms. The maximum Gasteiger partial charge on any atom is 0.303 e. The Kier molecular flexibility index (Phi) is 17.7. The first kappa shape index (κ1) is 43.4. The lowest BCUT2D eigenvalue weighted by atomic mass is 9.98. The van der Waals surface area contributed by atoms with Gasteiger partial charge < -0.3 is 65.5 Å².